The standard InChI is InChI=1S/C18H24FN3O2.ClH/c1-22(2)18(24)13-10-12(7-8-14(13)19)20-17(23)16-9-11-5-3-4-6-15(11)21-16;/h7-8,10-11,15-16,21H,3-6,9H2,1-2H3,(H,20,23);1H. The van der Waals surface area contributed by atoms with Crippen molar-refractivity contribution in [3.8, 4) is 0 Å². The van der Waals surface area contributed by atoms with Gasteiger partial charge in [-0.3, -0.25) is 9.59 Å². The van der Waals surface area contributed by atoms with E-state index in [9.17, 15) is 14.0 Å². The van der Waals surface area contributed by atoms with Crippen molar-refractivity contribution in [3.63, 3.8) is 0 Å². The summed E-state index contributed by atoms with van der Waals surface area (Å²) >= 11 is 0. The quantitative estimate of drug-likeness (QED) is 0.861. The highest BCUT2D eigenvalue weighted by atomic mass is 35.5. The molecule has 1 aromatic carbocycles. The molecule has 1 aliphatic carbocycles. The van der Waals surface area contributed by atoms with Gasteiger partial charge in [0.1, 0.15) is 5.82 Å². The first kappa shape index (κ1) is 19.7. The fourth-order valence-electron chi connectivity index (χ4n) is 3.76. The average Bonchev–Trinajstić information content (AvgIpc) is 3.00. The summed E-state index contributed by atoms with van der Waals surface area (Å²) in [6.07, 6.45) is 5.62. The molecule has 0 radical (unpaired) electrons. The van der Waals surface area contributed by atoms with Crippen LogP contribution in [0.1, 0.15) is 42.5 Å². The molecule has 1 aromatic rings. The molecular weight excluding hydrogens is 345 g/mol. The number of benzene rings is 1. The van der Waals surface area contributed by atoms with E-state index < -0.39 is 11.7 Å². The monoisotopic (exact) mass is 369 g/mol. The highest BCUT2D eigenvalue weighted by molar-refractivity contribution is 5.98. The summed E-state index contributed by atoms with van der Waals surface area (Å²) in [4.78, 5) is 25.8. The average molecular weight is 370 g/mol. The summed E-state index contributed by atoms with van der Waals surface area (Å²) < 4.78 is 13.8. The number of nitrogens with zero attached hydrogens (tertiary/aromatic N) is 1. The van der Waals surface area contributed by atoms with Crippen molar-refractivity contribution in [2.45, 2.75) is 44.2 Å². The minimum atomic E-state index is -0.586. The van der Waals surface area contributed by atoms with E-state index in [0.29, 0.717) is 17.6 Å². The lowest BCUT2D eigenvalue weighted by molar-refractivity contribution is -0.117. The van der Waals surface area contributed by atoms with E-state index in [1.807, 2.05) is 0 Å². The van der Waals surface area contributed by atoms with Crippen LogP contribution in [0.3, 0.4) is 0 Å². The number of hydrogen-bond acceptors (Lipinski definition) is 3. The van der Waals surface area contributed by atoms with Crippen molar-refractivity contribution in [1.29, 1.82) is 0 Å². The van der Waals surface area contributed by atoms with Crippen LogP contribution in [-0.2, 0) is 4.79 Å². The fraction of sp³-hybridized carbons (Fsp3) is 0.556. The lowest BCUT2D eigenvalue weighted by Crippen LogP contribution is -2.39. The molecule has 3 unspecified atom stereocenters. The van der Waals surface area contributed by atoms with Crippen LogP contribution >= 0.6 is 12.4 Å². The van der Waals surface area contributed by atoms with Crippen molar-refractivity contribution >= 4 is 29.9 Å². The van der Waals surface area contributed by atoms with Crippen LogP contribution in [0.25, 0.3) is 0 Å². The van der Waals surface area contributed by atoms with Crippen LogP contribution in [0.4, 0.5) is 10.1 Å². The lowest BCUT2D eigenvalue weighted by atomic mass is 9.85. The summed E-state index contributed by atoms with van der Waals surface area (Å²) in [6, 6.07) is 4.33. The minimum absolute atomic E-state index is 0. The molecule has 0 spiro atoms. The van der Waals surface area contributed by atoms with Crippen molar-refractivity contribution in [3.05, 3.63) is 29.6 Å². The van der Waals surface area contributed by atoms with Crippen LogP contribution in [0.15, 0.2) is 18.2 Å². The molecule has 2 amide bonds. The highest BCUT2D eigenvalue weighted by Gasteiger charge is 2.38. The Morgan fingerprint density at radius 3 is 2.64 bits per heavy atom. The third kappa shape index (κ3) is 4.30. The van der Waals surface area contributed by atoms with Crippen LogP contribution in [0.5, 0.6) is 0 Å². The molecule has 7 heteroatoms. The largest absolute Gasteiger partial charge is 0.345 e. The predicted octanol–water partition coefficient (Wildman–Crippen LogP) is 2.81. The smallest absolute Gasteiger partial charge is 0.256 e. The second kappa shape index (κ2) is 8.15. The van der Waals surface area contributed by atoms with Crippen molar-refractivity contribution in [1.82, 2.24) is 10.2 Å². The van der Waals surface area contributed by atoms with E-state index in [1.54, 1.807) is 14.1 Å². The number of amides is 2. The highest BCUT2D eigenvalue weighted by Crippen LogP contribution is 2.33. The Hall–Kier alpha value is -1.66. The van der Waals surface area contributed by atoms with Gasteiger partial charge in [-0.1, -0.05) is 12.8 Å². The number of nitrogens with one attached hydrogen (secondary N) is 2. The Bertz CT molecular complexity index is 639. The molecule has 1 heterocycles. The van der Waals surface area contributed by atoms with E-state index >= 15 is 0 Å². The van der Waals surface area contributed by atoms with Crippen LogP contribution < -0.4 is 10.6 Å². The Labute approximate surface area is 153 Å². The molecule has 0 bridgehead atoms. The van der Waals surface area contributed by atoms with Crippen molar-refractivity contribution in [2.24, 2.45) is 5.92 Å². The van der Waals surface area contributed by atoms with Gasteiger partial charge in [0.2, 0.25) is 5.91 Å². The Morgan fingerprint density at radius 2 is 1.96 bits per heavy atom. The van der Waals surface area contributed by atoms with Crippen molar-refractivity contribution < 1.29 is 14.0 Å². The molecule has 0 aromatic heterocycles. The maximum Gasteiger partial charge on any atom is 0.256 e. The van der Waals surface area contributed by atoms with Crippen LogP contribution in [-0.4, -0.2) is 42.9 Å². The molecule has 1 aliphatic heterocycles. The van der Waals surface area contributed by atoms with Gasteiger partial charge in [0.15, 0.2) is 0 Å². The van der Waals surface area contributed by atoms with Gasteiger partial charge in [-0.15, -0.1) is 12.4 Å². The molecule has 138 valence electrons. The lowest BCUT2D eigenvalue weighted by Gasteiger charge is -2.24. The number of halogens is 2. The number of rotatable bonds is 3. The predicted molar refractivity (Wildman–Crippen MR) is 97.6 cm³/mol. The Kier molecular flexibility index (Phi) is 6.41. The second-order valence-corrected chi connectivity index (χ2v) is 6.99. The van der Waals surface area contributed by atoms with E-state index in [-0.39, 0.29) is 29.9 Å². The molecule has 3 atom stereocenters. The van der Waals surface area contributed by atoms with Gasteiger partial charge < -0.3 is 15.5 Å². The summed E-state index contributed by atoms with van der Waals surface area (Å²) in [5.74, 6) is -0.543. The molecule has 2 fully saturated rings. The fourth-order valence-corrected chi connectivity index (χ4v) is 3.76. The minimum Gasteiger partial charge on any atom is -0.345 e. The molecule has 3 rings (SSSR count). The first-order valence-electron chi connectivity index (χ1n) is 8.54. The van der Waals surface area contributed by atoms with Gasteiger partial charge in [0.25, 0.3) is 5.91 Å². The number of carbonyl (C=O) groups is 2. The van der Waals surface area contributed by atoms with Crippen LogP contribution in [0.2, 0.25) is 0 Å². The Morgan fingerprint density at radius 1 is 1.24 bits per heavy atom. The SMILES string of the molecule is CN(C)C(=O)c1cc(NC(=O)C2CC3CCCCC3N2)ccc1F.Cl. The maximum atomic E-state index is 13.8. The van der Waals surface area contributed by atoms with E-state index in [1.165, 1.54) is 42.4 Å². The van der Waals surface area contributed by atoms with Gasteiger partial charge in [-0.05, 0) is 43.4 Å². The van der Waals surface area contributed by atoms with Crippen LogP contribution in [0, 0.1) is 11.7 Å². The third-order valence-electron chi connectivity index (χ3n) is 5.05. The second-order valence-electron chi connectivity index (χ2n) is 6.99. The first-order valence-corrected chi connectivity index (χ1v) is 8.54. The molecule has 2 aliphatic rings. The summed E-state index contributed by atoms with van der Waals surface area (Å²) in [5, 5.41) is 6.23. The third-order valence-corrected chi connectivity index (χ3v) is 5.05. The van der Waals surface area contributed by atoms with Gasteiger partial charge in [0.05, 0.1) is 11.6 Å². The summed E-state index contributed by atoms with van der Waals surface area (Å²) in [6.45, 7) is 0. The van der Waals surface area contributed by atoms with Gasteiger partial charge in [-0.2, -0.15) is 0 Å². The number of hydrogen-bond donors (Lipinski definition) is 2. The maximum absolute atomic E-state index is 13.8. The van der Waals surface area contributed by atoms with Crippen molar-refractivity contribution in [2.75, 3.05) is 19.4 Å². The molecule has 5 nitrogen and oxygen atoms in total. The number of fused-ring (bicyclic) bond motifs is 1. The van der Waals surface area contributed by atoms with E-state index in [0.717, 1.165) is 12.8 Å². The summed E-state index contributed by atoms with van der Waals surface area (Å²) in [7, 11) is 3.13. The van der Waals surface area contributed by atoms with E-state index in [2.05, 4.69) is 10.6 Å². The zero-order valence-electron chi connectivity index (χ0n) is 14.5. The first-order chi connectivity index (χ1) is 11.5. The normalized spacial score (nSPS) is 24.8. The number of carbonyl (C=O) groups excluding carboxylic acids is 2. The van der Waals surface area contributed by atoms with Gasteiger partial charge >= 0.3 is 0 Å². The molecule has 25 heavy (non-hydrogen) atoms. The van der Waals surface area contributed by atoms with Gasteiger partial charge in [-0.25, -0.2) is 4.39 Å². The van der Waals surface area contributed by atoms with E-state index in [4.69, 9.17) is 0 Å². The molecule has 1 saturated carbocycles. The molecular formula is C18H25ClFN3O2. The number of anilines is 1. The zero-order valence-corrected chi connectivity index (χ0v) is 15.4. The molecule has 1 saturated heterocycles. The summed E-state index contributed by atoms with van der Waals surface area (Å²) in [5.41, 5.74) is 0.411. The molecule has 2 N–H and O–H groups in total. The topological polar surface area (TPSA) is 61.4 Å². The zero-order chi connectivity index (χ0) is 17.3. The van der Waals surface area contributed by atoms with Gasteiger partial charge in [0, 0.05) is 25.8 Å². The Balaban J connectivity index is 0.00000225.